The van der Waals surface area contributed by atoms with Crippen molar-refractivity contribution >= 4 is 10.5 Å². The van der Waals surface area contributed by atoms with Crippen LogP contribution in [0.4, 0.5) is 0 Å². The van der Waals surface area contributed by atoms with E-state index in [9.17, 15) is 0 Å². The van der Waals surface area contributed by atoms with Crippen LogP contribution in [0.2, 0.25) is 0 Å². The number of rotatable bonds is 5. The van der Waals surface area contributed by atoms with Gasteiger partial charge < -0.3 is 4.43 Å². The van der Waals surface area contributed by atoms with Crippen LogP contribution < -0.4 is 0 Å². The summed E-state index contributed by atoms with van der Waals surface area (Å²) in [6.07, 6.45) is 3.85. The summed E-state index contributed by atoms with van der Waals surface area (Å²) in [4.78, 5) is 0. The highest BCUT2D eigenvalue weighted by atomic mass is 28.2. The fourth-order valence-corrected chi connectivity index (χ4v) is 1.06. The molecule has 11 heavy (non-hydrogen) atoms. The summed E-state index contributed by atoms with van der Waals surface area (Å²) in [7, 11) is 0.802. The molecule has 0 aliphatic heterocycles. The van der Waals surface area contributed by atoms with E-state index in [2.05, 4.69) is 19.9 Å². The maximum atomic E-state index is 8.28. The molecular weight excluding hydrogens is 154 g/mol. The van der Waals surface area contributed by atoms with Crippen LogP contribution in [0.1, 0.15) is 39.5 Å². The standard InChI is InChI=1S/C8H17NOSi/c1-8(2,10-11)6-4-3-5-7-9/h3-6H2,1-2,11H3. The van der Waals surface area contributed by atoms with E-state index in [-0.39, 0.29) is 5.60 Å². The molecular formula is C8H17NOSi. The fourth-order valence-electron chi connectivity index (χ4n) is 0.857. The molecule has 0 radical (unpaired) electrons. The lowest BCUT2D eigenvalue weighted by atomic mass is 10.0. The highest BCUT2D eigenvalue weighted by molar-refractivity contribution is 5.98. The number of unbranched alkanes of at least 4 members (excludes halogenated alkanes) is 2. The van der Waals surface area contributed by atoms with Crippen LogP contribution in [0.15, 0.2) is 0 Å². The molecule has 0 amide bonds. The van der Waals surface area contributed by atoms with Gasteiger partial charge in [0.2, 0.25) is 0 Å². The van der Waals surface area contributed by atoms with Crippen molar-refractivity contribution in [1.82, 2.24) is 0 Å². The molecule has 0 N–H and O–H groups in total. The van der Waals surface area contributed by atoms with Gasteiger partial charge in [0, 0.05) is 12.0 Å². The third-order valence-corrected chi connectivity index (χ3v) is 2.98. The maximum Gasteiger partial charge on any atom is 0.146 e. The van der Waals surface area contributed by atoms with E-state index >= 15 is 0 Å². The van der Waals surface area contributed by atoms with Crippen molar-refractivity contribution in [3.63, 3.8) is 0 Å². The van der Waals surface area contributed by atoms with Crippen molar-refractivity contribution in [3.8, 4) is 6.07 Å². The average Bonchev–Trinajstić information content (AvgIpc) is 1.99. The molecule has 0 unspecified atom stereocenters. The van der Waals surface area contributed by atoms with E-state index in [4.69, 9.17) is 9.69 Å². The Kier molecular flexibility index (Phi) is 5.17. The number of hydrogen-bond acceptors (Lipinski definition) is 2. The Bertz CT molecular complexity index is 140. The van der Waals surface area contributed by atoms with Crippen molar-refractivity contribution in [3.05, 3.63) is 0 Å². The summed E-state index contributed by atoms with van der Waals surface area (Å²) in [6, 6.07) is 2.14. The molecule has 3 heteroatoms. The lowest BCUT2D eigenvalue weighted by molar-refractivity contribution is 0.109. The first kappa shape index (κ1) is 10.7. The van der Waals surface area contributed by atoms with Gasteiger partial charge in [-0.2, -0.15) is 5.26 Å². The fraction of sp³-hybridized carbons (Fsp3) is 0.875. The summed E-state index contributed by atoms with van der Waals surface area (Å²) < 4.78 is 5.37. The van der Waals surface area contributed by atoms with E-state index in [1.54, 1.807) is 0 Å². The van der Waals surface area contributed by atoms with Crippen LogP contribution in [0.5, 0.6) is 0 Å². The molecule has 0 rings (SSSR count). The van der Waals surface area contributed by atoms with Crippen molar-refractivity contribution < 1.29 is 4.43 Å². The van der Waals surface area contributed by atoms with Crippen molar-refractivity contribution in [2.75, 3.05) is 0 Å². The van der Waals surface area contributed by atoms with Crippen LogP contribution in [-0.2, 0) is 4.43 Å². The summed E-state index contributed by atoms with van der Waals surface area (Å²) in [5, 5.41) is 8.28. The van der Waals surface area contributed by atoms with Gasteiger partial charge in [-0.3, -0.25) is 0 Å². The SMILES string of the molecule is CC(C)(CCCCC#N)O[SiH3]. The predicted octanol–water partition coefficient (Wildman–Crippen LogP) is 1.15. The van der Waals surface area contributed by atoms with Gasteiger partial charge in [0.05, 0.1) is 6.07 Å². The van der Waals surface area contributed by atoms with Crippen molar-refractivity contribution in [1.29, 1.82) is 5.26 Å². The normalized spacial score (nSPS) is 11.4. The van der Waals surface area contributed by atoms with Crippen molar-refractivity contribution in [2.45, 2.75) is 45.1 Å². The highest BCUT2D eigenvalue weighted by Crippen LogP contribution is 2.16. The maximum absolute atomic E-state index is 8.28. The Labute approximate surface area is 72.1 Å². The second-order valence-electron chi connectivity index (χ2n) is 3.33. The molecule has 0 aromatic rings. The van der Waals surface area contributed by atoms with Crippen LogP contribution in [0.3, 0.4) is 0 Å². The molecule has 0 aromatic heterocycles. The summed E-state index contributed by atoms with van der Waals surface area (Å²) in [6.45, 7) is 4.21. The van der Waals surface area contributed by atoms with E-state index in [0.29, 0.717) is 6.42 Å². The van der Waals surface area contributed by atoms with E-state index in [0.717, 1.165) is 29.7 Å². The molecule has 0 aliphatic carbocycles. The minimum Gasteiger partial charge on any atom is -0.423 e. The second kappa shape index (κ2) is 5.33. The molecule has 0 heterocycles. The molecule has 0 aromatic carbocycles. The quantitative estimate of drug-likeness (QED) is 0.459. The zero-order valence-electron chi connectivity index (χ0n) is 7.68. The Morgan fingerprint density at radius 3 is 2.55 bits per heavy atom. The van der Waals surface area contributed by atoms with Gasteiger partial charge in [0.15, 0.2) is 0 Å². The summed E-state index contributed by atoms with van der Waals surface area (Å²) in [5.74, 6) is 0. The van der Waals surface area contributed by atoms with Gasteiger partial charge in [-0.05, 0) is 33.1 Å². The minimum absolute atomic E-state index is 0.0433. The van der Waals surface area contributed by atoms with Crippen LogP contribution in [0.25, 0.3) is 0 Å². The van der Waals surface area contributed by atoms with Crippen LogP contribution in [-0.4, -0.2) is 16.1 Å². The lowest BCUT2D eigenvalue weighted by Crippen LogP contribution is -2.22. The van der Waals surface area contributed by atoms with E-state index < -0.39 is 0 Å². The lowest BCUT2D eigenvalue weighted by Gasteiger charge is -2.23. The topological polar surface area (TPSA) is 33.0 Å². The molecule has 0 aliphatic rings. The Balaban J connectivity index is 3.32. The monoisotopic (exact) mass is 171 g/mol. The molecule has 0 saturated heterocycles. The first-order chi connectivity index (χ1) is 5.12. The first-order valence-electron chi connectivity index (χ1n) is 4.04. The Hall–Kier alpha value is -0.333. The molecule has 0 bridgehead atoms. The van der Waals surface area contributed by atoms with Gasteiger partial charge in [0.25, 0.3) is 0 Å². The van der Waals surface area contributed by atoms with E-state index in [1.807, 2.05) is 0 Å². The molecule has 0 spiro atoms. The Morgan fingerprint density at radius 2 is 2.09 bits per heavy atom. The molecule has 0 saturated carbocycles. The smallest absolute Gasteiger partial charge is 0.146 e. The number of hydrogen-bond donors (Lipinski definition) is 0. The first-order valence-corrected chi connectivity index (χ1v) is 4.86. The number of nitriles is 1. The van der Waals surface area contributed by atoms with Gasteiger partial charge in [-0.1, -0.05) is 0 Å². The Morgan fingerprint density at radius 1 is 1.45 bits per heavy atom. The number of nitrogens with zero attached hydrogens (tertiary/aromatic N) is 1. The van der Waals surface area contributed by atoms with Gasteiger partial charge >= 0.3 is 0 Å². The highest BCUT2D eigenvalue weighted by Gasteiger charge is 2.13. The molecule has 0 atom stereocenters. The molecule has 64 valence electrons. The van der Waals surface area contributed by atoms with Crippen molar-refractivity contribution in [2.24, 2.45) is 0 Å². The van der Waals surface area contributed by atoms with Gasteiger partial charge in [-0.15, -0.1) is 0 Å². The second-order valence-corrected chi connectivity index (χ2v) is 3.74. The van der Waals surface area contributed by atoms with Gasteiger partial charge in [0.1, 0.15) is 10.5 Å². The third kappa shape index (κ3) is 6.08. The average molecular weight is 171 g/mol. The summed E-state index contributed by atoms with van der Waals surface area (Å²) >= 11 is 0. The minimum atomic E-state index is 0.0433. The molecule has 0 fully saturated rings. The van der Waals surface area contributed by atoms with Gasteiger partial charge in [-0.25, -0.2) is 0 Å². The largest absolute Gasteiger partial charge is 0.423 e. The zero-order chi connectivity index (χ0) is 8.74. The molecule has 2 nitrogen and oxygen atoms in total. The summed E-state index contributed by atoms with van der Waals surface area (Å²) in [5.41, 5.74) is 0.0433. The van der Waals surface area contributed by atoms with Crippen LogP contribution in [0, 0.1) is 11.3 Å². The third-order valence-electron chi connectivity index (χ3n) is 1.87. The van der Waals surface area contributed by atoms with Crippen LogP contribution >= 0.6 is 0 Å². The predicted molar refractivity (Wildman–Crippen MR) is 49.2 cm³/mol. The zero-order valence-corrected chi connectivity index (χ0v) is 9.68. The van der Waals surface area contributed by atoms with E-state index in [1.165, 1.54) is 0 Å².